The third kappa shape index (κ3) is 78.2. The zero-order valence-electron chi connectivity index (χ0n) is 68.5. The maximum absolute atomic E-state index is 13.1. The van der Waals surface area contributed by atoms with Crippen molar-refractivity contribution in [1.29, 1.82) is 0 Å². The molecule has 0 saturated carbocycles. The lowest BCUT2D eigenvalue weighted by Gasteiger charge is -2.21. The number of ether oxygens (including phenoxy) is 4. The molecule has 5 atom stereocenters. The number of esters is 4. The van der Waals surface area contributed by atoms with Gasteiger partial charge in [0.05, 0.1) is 26.4 Å². The van der Waals surface area contributed by atoms with Crippen molar-refractivity contribution >= 4 is 39.5 Å². The fourth-order valence-electron chi connectivity index (χ4n) is 13.2. The SMILES string of the molecule is CCCCCCCCCCCCCCCCCC(=O)O[C@H](COC(=O)CCCCCCCCCC(C)C)COP(=O)(O)OC[C@H](O)COP(=O)(O)OC[C@@H](COC(=O)CCCCCCCCCCCCCCCCCC(C)C)OC(=O)CCCCCCCCCCCCCCCCCCCCC(C)C. The van der Waals surface area contributed by atoms with Crippen molar-refractivity contribution in [2.75, 3.05) is 39.6 Å². The van der Waals surface area contributed by atoms with Gasteiger partial charge in [-0.1, -0.05) is 395 Å². The zero-order valence-corrected chi connectivity index (χ0v) is 70.3. The number of unbranched alkanes of at least 4 members (excludes halogenated alkanes) is 51. The van der Waals surface area contributed by atoms with Gasteiger partial charge in [-0.15, -0.1) is 0 Å². The first kappa shape index (κ1) is 102. The van der Waals surface area contributed by atoms with Crippen LogP contribution >= 0.6 is 15.6 Å². The number of carbonyl (C=O) groups excluding carboxylic acids is 4. The van der Waals surface area contributed by atoms with E-state index in [-0.39, 0.29) is 25.7 Å². The molecule has 2 unspecified atom stereocenters. The average molecular weight is 1520 g/mol. The molecule has 0 aliphatic carbocycles. The van der Waals surface area contributed by atoms with Crippen molar-refractivity contribution in [2.45, 2.75) is 465 Å². The van der Waals surface area contributed by atoms with Crippen LogP contribution in [0.25, 0.3) is 0 Å². The Hall–Kier alpha value is -1.94. The Morgan fingerprint density at radius 3 is 0.654 bits per heavy atom. The van der Waals surface area contributed by atoms with Crippen molar-refractivity contribution < 1.29 is 80.2 Å². The van der Waals surface area contributed by atoms with Gasteiger partial charge in [-0.3, -0.25) is 37.3 Å². The minimum atomic E-state index is -4.97. The van der Waals surface area contributed by atoms with Gasteiger partial charge in [0.15, 0.2) is 12.2 Å². The molecule has 3 N–H and O–H groups in total. The Kier molecular flexibility index (Phi) is 73.7. The van der Waals surface area contributed by atoms with Gasteiger partial charge in [-0.25, -0.2) is 9.13 Å². The number of hydrogen-bond donors (Lipinski definition) is 3. The molecule has 0 heterocycles. The summed E-state index contributed by atoms with van der Waals surface area (Å²) in [6, 6.07) is 0. The molecule has 0 aromatic carbocycles. The summed E-state index contributed by atoms with van der Waals surface area (Å²) in [5.41, 5.74) is 0. The van der Waals surface area contributed by atoms with Gasteiger partial charge in [0.1, 0.15) is 19.3 Å². The summed E-state index contributed by atoms with van der Waals surface area (Å²) >= 11 is 0. The van der Waals surface area contributed by atoms with E-state index in [0.717, 1.165) is 108 Å². The lowest BCUT2D eigenvalue weighted by molar-refractivity contribution is -0.161. The number of rotatable bonds is 83. The molecule has 0 radical (unpaired) electrons. The zero-order chi connectivity index (χ0) is 76.5. The van der Waals surface area contributed by atoms with Crippen molar-refractivity contribution in [3.8, 4) is 0 Å². The molecule has 0 bridgehead atoms. The molecular formula is C85H166O17P2. The first-order chi connectivity index (χ1) is 50.2. The lowest BCUT2D eigenvalue weighted by Crippen LogP contribution is -2.30. The van der Waals surface area contributed by atoms with Crippen LogP contribution in [0.15, 0.2) is 0 Å². The molecule has 0 aliphatic heterocycles. The van der Waals surface area contributed by atoms with Crippen LogP contribution in [-0.2, 0) is 65.4 Å². The van der Waals surface area contributed by atoms with Crippen LogP contribution in [-0.4, -0.2) is 96.7 Å². The van der Waals surface area contributed by atoms with E-state index < -0.39 is 97.5 Å². The molecule has 618 valence electrons. The van der Waals surface area contributed by atoms with Crippen molar-refractivity contribution in [1.82, 2.24) is 0 Å². The number of phosphoric ester groups is 2. The predicted molar refractivity (Wildman–Crippen MR) is 428 cm³/mol. The molecule has 17 nitrogen and oxygen atoms in total. The normalized spacial score (nSPS) is 13.9. The highest BCUT2D eigenvalue weighted by atomic mass is 31.2. The molecule has 0 fully saturated rings. The minimum Gasteiger partial charge on any atom is -0.462 e. The maximum Gasteiger partial charge on any atom is 0.472 e. The molecule has 19 heteroatoms. The van der Waals surface area contributed by atoms with Crippen molar-refractivity contribution in [3.05, 3.63) is 0 Å². The summed E-state index contributed by atoms with van der Waals surface area (Å²) in [6.45, 7) is 12.0. The molecule has 0 spiro atoms. The summed E-state index contributed by atoms with van der Waals surface area (Å²) in [5, 5.41) is 10.7. The van der Waals surface area contributed by atoms with E-state index in [1.807, 2.05) is 0 Å². The van der Waals surface area contributed by atoms with Crippen molar-refractivity contribution in [3.63, 3.8) is 0 Å². The van der Waals surface area contributed by atoms with Crippen LogP contribution in [0.1, 0.15) is 447 Å². The molecule has 0 aromatic rings. The Bertz CT molecular complexity index is 2010. The molecule has 0 aliphatic rings. The van der Waals surface area contributed by atoms with Gasteiger partial charge in [-0.2, -0.15) is 0 Å². The van der Waals surface area contributed by atoms with E-state index in [2.05, 4.69) is 48.5 Å². The molecule has 104 heavy (non-hydrogen) atoms. The lowest BCUT2D eigenvalue weighted by atomic mass is 10.0. The molecule has 0 aromatic heterocycles. The van der Waals surface area contributed by atoms with E-state index in [1.54, 1.807) is 0 Å². The third-order valence-electron chi connectivity index (χ3n) is 19.9. The van der Waals surface area contributed by atoms with Crippen LogP contribution in [0, 0.1) is 17.8 Å². The topological polar surface area (TPSA) is 237 Å². The quantitative estimate of drug-likeness (QED) is 0.0222. The molecule has 0 amide bonds. The molecule has 0 saturated heterocycles. The maximum atomic E-state index is 13.1. The van der Waals surface area contributed by atoms with Gasteiger partial charge in [-0.05, 0) is 43.4 Å². The number of carbonyl (C=O) groups is 4. The van der Waals surface area contributed by atoms with E-state index in [4.69, 9.17) is 37.0 Å². The number of aliphatic hydroxyl groups is 1. The van der Waals surface area contributed by atoms with E-state index in [1.165, 1.54) is 250 Å². The van der Waals surface area contributed by atoms with E-state index in [9.17, 15) is 43.2 Å². The molecule has 0 rings (SSSR count). The largest absolute Gasteiger partial charge is 0.472 e. The highest BCUT2D eigenvalue weighted by Gasteiger charge is 2.30. The van der Waals surface area contributed by atoms with Gasteiger partial charge in [0.2, 0.25) is 0 Å². The van der Waals surface area contributed by atoms with E-state index in [0.29, 0.717) is 31.6 Å². The van der Waals surface area contributed by atoms with Crippen LogP contribution in [0.2, 0.25) is 0 Å². The van der Waals surface area contributed by atoms with Gasteiger partial charge >= 0.3 is 39.5 Å². The second-order valence-electron chi connectivity index (χ2n) is 32.0. The summed E-state index contributed by atoms with van der Waals surface area (Å²) < 4.78 is 68.8. The molecular weight excluding hydrogens is 1350 g/mol. The van der Waals surface area contributed by atoms with Gasteiger partial charge in [0, 0.05) is 25.7 Å². The summed E-state index contributed by atoms with van der Waals surface area (Å²) in [5.74, 6) is 0.226. The van der Waals surface area contributed by atoms with Crippen LogP contribution in [0.5, 0.6) is 0 Å². The number of hydrogen-bond acceptors (Lipinski definition) is 15. The standard InChI is InChI=1S/C85H166O17P2/c1-8-9-10-11-12-13-14-15-21-29-34-39-46-54-61-68-85(90)102-81(73-96-83(88)67-60-53-48-41-44-51-58-65-78(6)7)75-100-104(93,94)98-71-79(86)70-97-103(91,92)99-74-80(72-95-82(87)66-59-52-45-38-33-28-25-20-23-27-32-37-43-50-57-64-77(4)5)101-84(89)69-62-55-47-40-35-30-24-19-17-16-18-22-26-31-36-42-49-56-63-76(2)3/h76-81,86H,8-75H2,1-7H3,(H,91,92)(H,93,94)/t79-,80-,81-/m1/s1. The monoisotopic (exact) mass is 1520 g/mol. The van der Waals surface area contributed by atoms with Crippen LogP contribution in [0.3, 0.4) is 0 Å². The summed E-state index contributed by atoms with van der Waals surface area (Å²) in [6.07, 6.45) is 65.3. The fourth-order valence-corrected chi connectivity index (χ4v) is 14.8. The number of phosphoric acid groups is 2. The smallest absolute Gasteiger partial charge is 0.462 e. The Morgan fingerprint density at radius 2 is 0.442 bits per heavy atom. The first-order valence-corrected chi connectivity index (χ1v) is 46.8. The van der Waals surface area contributed by atoms with Gasteiger partial charge in [0.25, 0.3) is 0 Å². The fraction of sp³-hybridized carbons (Fsp3) is 0.953. The third-order valence-corrected chi connectivity index (χ3v) is 21.8. The highest BCUT2D eigenvalue weighted by Crippen LogP contribution is 2.45. The Balaban J connectivity index is 5.23. The second kappa shape index (κ2) is 75.1. The van der Waals surface area contributed by atoms with Crippen molar-refractivity contribution in [2.24, 2.45) is 17.8 Å². The minimum absolute atomic E-state index is 0.107. The Morgan fingerprint density at radius 1 is 0.260 bits per heavy atom. The predicted octanol–water partition coefficient (Wildman–Crippen LogP) is 25.7. The summed E-state index contributed by atoms with van der Waals surface area (Å²) in [4.78, 5) is 73.2. The van der Waals surface area contributed by atoms with Crippen LogP contribution in [0.4, 0.5) is 0 Å². The average Bonchev–Trinajstić information content (AvgIpc) is 0.909. The first-order valence-electron chi connectivity index (χ1n) is 43.8. The Labute approximate surface area is 638 Å². The summed E-state index contributed by atoms with van der Waals surface area (Å²) in [7, 11) is -9.93. The van der Waals surface area contributed by atoms with Crippen LogP contribution < -0.4 is 0 Å². The van der Waals surface area contributed by atoms with E-state index >= 15 is 0 Å². The van der Waals surface area contributed by atoms with Gasteiger partial charge < -0.3 is 33.8 Å². The second-order valence-corrected chi connectivity index (χ2v) is 34.9. The number of aliphatic hydroxyl groups excluding tert-OH is 1. The highest BCUT2D eigenvalue weighted by molar-refractivity contribution is 7.47.